The molecule has 0 amide bonds. The molecule has 0 bridgehead atoms. The molecule has 0 aliphatic heterocycles. The van der Waals surface area contributed by atoms with Crippen LogP contribution in [0.3, 0.4) is 0 Å². The molecule has 0 fully saturated rings. The molecular formula is C10H10N2O. The number of hydrogen-bond acceptors (Lipinski definition) is 2. The van der Waals surface area contributed by atoms with Crippen LogP contribution in [0.4, 0.5) is 0 Å². The highest BCUT2D eigenvalue weighted by atomic mass is 16.1. The Balaban J connectivity index is 2.42. The molecule has 0 atom stereocenters. The van der Waals surface area contributed by atoms with Crippen LogP contribution >= 0.6 is 0 Å². The fraction of sp³-hybridized carbons (Fsp3) is 0.200. The van der Waals surface area contributed by atoms with Crippen molar-refractivity contribution in [3.63, 3.8) is 0 Å². The summed E-state index contributed by atoms with van der Waals surface area (Å²) in [4.78, 5) is 15.0. The summed E-state index contributed by atoms with van der Waals surface area (Å²) in [5.41, 5.74) is 1.91. The van der Waals surface area contributed by atoms with Gasteiger partial charge in [0.15, 0.2) is 0 Å². The molecule has 0 aliphatic carbocycles. The topological polar surface area (TPSA) is 34.4 Å². The maximum Gasteiger partial charge on any atom is 0.136 e. The molecule has 3 heteroatoms. The molecule has 2 rings (SSSR count). The molecule has 0 aromatic carbocycles. The van der Waals surface area contributed by atoms with Crippen molar-refractivity contribution in [3.8, 4) is 0 Å². The van der Waals surface area contributed by atoms with E-state index in [0.717, 1.165) is 11.2 Å². The number of ketones is 1. The first-order valence-electron chi connectivity index (χ1n) is 4.17. The Morgan fingerprint density at radius 2 is 2.38 bits per heavy atom. The van der Waals surface area contributed by atoms with Gasteiger partial charge in [-0.25, -0.2) is 4.98 Å². The Bertz CT molecular complexity index is 445. The fourth-order valence-corrected chi connectivity index (χ4v) is 1.35. The largest absolute Gasteiger partial charge is 0.307 e. The number of imidazole rings is 1. The quantitative estimate of drug-likeness (QED) is 0.690. The Hall–Kier alpha value is -1.64. The van der Waals surface area contributed by atoms with E-state index in [1.807, 2.05) is 28.9 Å². The molecule has 2 aromatic heterocycles. The Kier molecular flexibility index (Phi) is 1.85. The highest BCUT2D eigenvalue weighted by Gasteiger charge is 1.99. The van der Waals surface area contributed by atoms with Gasteiger partial charge in [-0.1, -0.05) is 0 Å². The first kappa shape index (κ1) is 7.98. The van der Waals surface area contributed by atoms with Crippen molar-refractivity contribution in [2.75, 3.05) is 0 Å². The van der Waals surface area contributed by atoms with Crippen LogP contribution in [0.25, 0.3) is 5.65 Å². The minimum absolute atomic E-state index is 0.177. The van der Waals surface area contributed by atoms with E-state index in [2.05, 4.69) is 4.98 Å². The number of Topliss-reactive ketones (excluding diaryl/α,β-unsaturated/α-hetero) is 1. The minimum Gasteiger partial charge on any atom is -0.307 e. The highest BCUT2D eigenvalue weighted by Crippen LogP contribution is 2.06. The summed E-state index contributed by atoms with van der Waals surface area (Å²) in [7, 11) is 0. The van der Waals surface area contributed by atoms with Gasteiger partial charge in [0.25, 0.3) is 0 Å². The molecule has 66 valence electrons. The number of pyridine rings is 1. The molecule has 0 unspecified atom stereocenters. The van der Waals surface area contributed by atoms with Crippen LogP contribution in [0, 0.1) is 0 Å². The smallest absolute Gasteiger partial charge is 0.136 e. The van der Waals surface area contributed by atoms with Gasteiger partial charge in [-0.05, 0) is 24.6 Å². The molecule has 2 aromatic rings. The second-order valence-corrected chi connectivity index (χ2v) is 3.11. The van der Waals surface area contributed by atoms with Gasteiger partial charge < -0.3 is 4.40 Å². The van der Waals surface area contributed by atoms with E-state index in [1.54, 1.807) is 13.1 Å². The number of fused-ring (bicyclic) bond motifs is 1. The third-order valence-electron chi connectivity index (χ3n) is 1.92. The minimum atomic E-state index is 0.177. The molecule has 0 saturated carbocycles. The van der Waals surface area contributed by atoms with Gasteiger partial charge in [0.05, 0.1) is 0 Å². The number of hydrogen-bond donors (Lipinski definition) is 0. The summed E-state index contributed by atoms with van der Waals surface area (Å²) < 4.78 is 1.92. The van der Waals surface area contributed by atoms with E-state index < -0.39 is 0 Å². The summed E-state index contributed by atoms with van der Waals surface area (Å²) in [5.74, 6) is 0.177. The summed E-state index contributed by atoms with van der Waals surface area (Å²) >= 11 is 0. The monoisotopic (exact) mass is 174 g/mol. The zero-order chi connectivity index (χ0) is 9.26. The number of rotatable bonds is 2. The number of carbonyl (C=O) groups is 1. The normalized spacial score (nSPS) is 10.5. The summed E-state index contributed by atoms with van der Waals surface area (Å²) in [6.07, 6.45) is 6.03. The van der Waals surface area contributed by atoms with Crippen molar-refractivity contribution >= 4 is 11.4 Å². The van der Waals surface area contributed by atoms with Crippen molar-refractivity contribution in [2.45, 2.75) is 13.3 Å². The van der Waals surface area contributed by atoms with E-state index in [1.165, 1.54) is 0 Å². The Labute approximate surface area is 76.0 Å². The summed E-state index contributed by atoms with van der Waals surface area (Å²) in [6.45, 7) is 1.59. The lowest BCUT2D eigenvalue weighted by Gasteiger charge is -1.98. The van der Waals surface area contributed by atoms with Gasteiger partial charge in [0.1, 0.15) is 11.4 Å². The van der Waals surface area contributed by atoms with Gasteiger partial charge in [0, 0.05) is 25.0 Å². The van der Waals surface area contributed by atoms with Crippen molar-refractivity contribution < 1.29 is 4.79 Å². The van der Waals surface area contributed by atoms with Gasteiger partial charge in [-0.2, -0.15) is 0 Å². The van der Waals surface area contributed by atoms with Crippen molar-refractivity contribution in [3.05, 3.63) is 36.3 Å². The third kappa shape index (κ3) is 1.59. The molecule has 0 spiro atoms. The average molecular weight is 174 g/mol. The molecule has 0 radical (unpaired) electrons. The average Bonchev–Trinajstić information content (AvgIpc) is 2.49. The molecule has 2 heterocycles. The van der Waals surface area contributed by atoms with Crippen LogP contribution in [0.5, 0.6) is 0 Å². The number of nitrogens with zero attached hydrogens (tertiary/aromatic N) is 2. The van der Waals surface area contributed by atoms with Gasteiger partial charge in [-0.3, -0.25) is 4.79 Å². The van der Waals surface area contributed by atoms with Gasteiger partial charge in [-0.15, -0.1) is 0 Å². The zero-order valence-corrected chi connectivity index (χ0v) is 7.40. The Morgan fingerprint density at radius 3 is 3.15 bits per heavy atom. The second-order valence-electron chi connectivity index (χ2n) is 3.11. The third-order valence-corrected chi connectivity index (χ3v) is 1.92. The van der Waals surface area contributed by atoms with Crippen LogP contribution in [-0.2, 0) is 11.2 Å². The maximum absolute atomic E-state index is 10.9. The van der Waals surface area contributed by atoms with Gasteiger partial charge >= 0.3 is 0 Å². The van der Waals surface area contributed by atoms with Crippen LogP contribution in [0.15, 0.2) is 30.7 Å². The molecule has 3 nitrogen and oxygen atoms in total. The van der Waals surface area contributed by atoms with Gasteiger partial charge in [0.2, 0.25) is 0 Å². The Morgan fingerprint density at radius 1 is 1.54 bits per heavy atom. The molecule has 13 heavy (non-hydrogen) atoms. The molecule has 0 aliphatic rings. The van der Waals surface area contributed by atoms with E-state index in [-0.39, 0.29) is 5.78 Å². The standard InChI is InChI=1S/C10H10N2O/c1-8(13)6-9-2-4-12-5-3-11-10(12)7-9/h2-5,7H,6H2,1H3. The van der Waals surface area contributed by atoms with Crippen LogP contribution in [-0.4, -0.2) is 15.2 Å². The van der Waals surface area contributed by atoms with Crippen LogP contribution in [0.2, 0.25) is 0 Å². The lowest BCUT2D eigenvalue weighted by Crippen LogP contribution is -1.97. The van der Waals surface area contributed by atoms with Crippen molar-refractivity contribution in [1.29, 1.82) is 0 Å². The molecular weight excluding hydrogens is 164 g/mol. The zero-order valence-electron chi connectivity index (χ0n) is 7.40. The SMILES string of the molecule is CC(=O)Cc1ccn2ccnc2c1. The van der Waals surface area contributed by atoms with E-state index in [0.29, 0.717) is 6.42 Å². The fourth-order valence-electron chi connectivity index (χ4n) is 1.35. The maximum atomic E-state index is 10.9. The van der Waals surface area contributed by atoms with E-state index in [4.69, 9.17) is 0 Å². The summed E-state index contributed by atoms with van der Waals surface area (Å²) in [5, 5.41) is 0. The number of carbonyl (C=O) groups excluding carboxylic acids is 1. The van der Waals surface area contributed by atoms with E-state index in [9.17, 15) is 4.79 Å². The van der Waals surface area contributed by atoms with Crippen molar-refractivity contribution in [1.82, 2.24) is 9.38 Å². The lowest BCUT2D eigenvalue weighted by molar-refractivity contribution is -0.116. The van der Waals surface area contributed by atoms with Crippen molar-refractivity contribution in [2.24, 2.45) is 0 Å². The van der Waals surface area contributed by atoms with Crippen LogP contribution < -0.4 is 0 Å². The molecule has 0 saturated heterocycles. The predicted molar refractivity (Wildman–Crippen MR) is 49.6 cm³/mol. The lowest BCUT2D eigenvalue weighted by atomic mass is 10.1. The summed E-state index contributed by atoms with van der Waals surface area (Å²) in [6, 6.07) is 3.87. The highest BCUT2D eigenvalue weighted by molar-refractivity contribution is 5.78. The van der Waals surface area contributed by atoms with E-state index >= 15 is 0 Å². The molecule has 0 N–H and O–H groups in total. The predicted octanol–water partition coefficient (Wildman–Crippen LogP) is 1.47. The first-order valence-corrected chi connectivity index (χ1v) is 4.17. The number of aromatic nitrogens is 2. The van der Waals surface area contributed by atoms with Crippen LogP contribution in [0.1, 0.15) is 12.5 Å². The second kappa shape index (κ2) is 3.01. The first-order chi connectivity index (χ1) is 6.25.